The number of anilines is 3. The third kappa shape index (κ3) is 6.98. The zero-order valence-corrected chi connectivity index (χ0v) is 25.2. The number of aryl methyl sites for hydroxylation is 2. The van der Waals surface area contributed by atoms with Gasteiger partial charge in [0.2, 0.25) is 5.88 Å². The third-order valence-corrected chi connectivity index (χ3v) is 7.40. The molecule has 8 nitrogen and oxygen atoms in total. The smallest absolute Gasteiger partial charge is 0.243 e. The fourth-order valence-corrected chi connectivity index (χ4v) is 5.10. The molecule has 1 fully saturated rings. The standard InChI is InChI=1S/C23H22ClFN6O.C9H12FN/c1-14-12-17-18(29-14)6-7-19(21(17)25)32-23-20(24)22(27-13-28-23)30-15-2-4-16(5-3-15)31-10-8-26-9-11-31;1-4-9-8(7(3)10)5-6(2)11-9/h2-7,12-13,26,29H,8-11H2,1H3,(H,27,28,30);4-5,11H,1-3H3/b;8-7+,9-4+. The lowest BCUT2D eigenvalue weighted by Gasteiger charge is -2.29. The average Bonchev–Trinajstić information content (AvgIpc) is 3.59. The molecule has 224 valence electrons. The molecule has 0 unspecified atom stereocenters. The minimum absolute atomic E-state index is 0.0448. The lowest BCUT2D eigenvalue weighted by Crippen LogP contribution is -2.43. The molecule has 0 spiro atoms. The molecule has 5 aromatic rings. The predicted molar refractivity (Wildman–Crippen MR) is 170 cm³/mol. The number of halogens is 3. The molecule has 0 saturated carbocycles. The van der Waals surface area contributed by atoms with Gasteiger partial charge in [-0.05, 0) is 76.2 Å². The van der Waals surface area contributed by atoms with Gasteiger partial charge in [0.1, 0.15) is 17.2 Å². The number of benzene rings is 2. The quantitative estimate of drug-likeness (QED) is 0.190. The third-order valence-electron chi connectivity index (χ3n) is 7.06. The number of aromatic nitrogens is 4. The Morgan fingerprint density at radius 1 is 1.02 bits per heavy atom. The number of hydrogen-bond acceptors (Lipinski definition) is 6. The minimum Gasteiger partial charge on any atom is -0.434 e. The van der Waals surface area contributed by atoms with Gasteiger partial charge in [-0.25, -0.2) is 13.8 Å². The summed E-state index contributed by atoms with van der Waals surface area (Å²) in [5.74, 6) is -0.108. The van der Waals surface area contributed by atoms with Gasteiger partial charge in [0, 0.05) is 70.4 Å². The summed E-state index contributed by atoms with van der Waals surface area (Å²) in [7, 11) is 0. The number of nitrogens with one attached hydrogen (secondary N) is 4. The largest absolute Gasteiger partial charge is 0.434 e. The van der Waals surface area contributed by atoms with Crippen LogP contribution in [0.2, 0.25) is 5.02 Å². The molecule has 1 aliphatic rings. The van der Waals surface area contributed by atoms with Crippen LogP contribution in [-0.2, 0) is 0 Å². The van der Waals surface area contributed by atoms with Crippen molar-refractivity contribution in [2.45, 2.75) is 27.7 Å². The van der Waals surface area contributed by atoms with Crippen LogP contribution in [0, 0.1) is 19.7 Å². The summed E-state index contributed by atoms with van der Waals surface area (Å²) in [6.07, 6.45) is 3.20. The van der Waals surface area contributed by atoms with Crippen LogP contribution in [0.15, 0.2) is 54.9 Å². The molecule has 0 aliphatic carbocycles. The second-order valence-corrected chi connectivity index (χ2v) is 10.6. The van der Waals surface area contributed by atoms with E-state index in [1.807, 2.05) is 45.0 Å². The van der Waals surface area contributed by atoms with Crippen LogP contribution in [0.5, 0.6) is 11.6 Å². The fourth-order valence-electron chi connectivity index (χ4n) is 4.92. The molecule has 11 heteroatoms. The van der Waals surface area contributed by atoms with E-state index >= 15 is 0 Å². The van der Waals surface area contributed by atoms with Crippen molar-refractivity contribution in [1.82, 2.24) is 25.3 Å². The highest BCUT2D eigenvalue weighted by Gasteiger charge is 2.17. The number of piperazine rings is 1. The van der Waals surface area contributed by atoms with Crippen molar-refractivity contribution in [1.29, 1.82) is 0 Å². The zero-order valence-electron chi connectivity index (χ0n) is 24.5. The van der Waals surface area contributed by atoms with Crippen molar-refractivity contribution >= 4 is 51.6 Å². The molecule has 1 saturated heterocycles. The van der Waals surface area contributed by atoms with E-state index < -0.39 is 5.82 Å². The lowest BCUT2D eigenvalue weighted by molar-refractivity contribution is 0.430. The number of nitrogens with zero attached hydrogens (tertiary/aromatic N) is 3. The highest BCUT2D eigenvalue weighted by Crippen LogP contribution is 2.36. The van der Waals surface area contributed by atoms with Gasteiger partial charge in [-0.3, -0.25) is 0 Å². The van der Waals surface area contributed by atoms with Gasteiger partial charge in [0.25, 0.3) is 0 Å². The Bertz CT molecular complexity index is 1840. The Hall–Kier alpha value is -4.41. The maximum atomic E-state index is 14.9. The number of hydrogen-bond donors (Lipinski definition) is 4. The number of ether oxygens (including phenoxy) is 1. The van der Waals surface area contributed by atoms with Crippen LogP contribution in [-0.4, -0.2) is 46.1 Å². The Kier molecular flexibility index (Phi) is 9.27. The normalized spacial score (nSPS) is 14.4. The molecule has 4 heterocycles. The van der Waals surface area contributed by atoms with Gasteiger partial charge < -0.3 is 30.2 Å². The van der Waals surface area contributed by atoms with Gasteiger partial charge in [0.05, 0.1) is 0 Å². The summed E-state index contributed by atoms with van der Waals surface area (Å²) in [5, 5.41) is 8.69. The first-order valence-corrected chi connectivity index (χ1v) is 14.4. The maximum absolute atomic E-state index is 14.9. The minimum atomic E-state index is -0.473. The summed E-state index contributed by atoms with van der Waals surface area (Å²) < 4.78 is 33.4. The number of aromatic amines is 2. The van der Waals surface area contributed by atoms with E-state index in [1.54, 1.807) is 18.2 Å². The van der Waals surface area contributed by atoms with E-state index in [2.05, 4.69) is 47.6 Å². The summed E-state index contributed by atoms with van der Waals surface area (Å²) in [6.45, 7) is 11.1. The molecule has 3 aromatic heterocycles. The first-order chi connectivity index (χ1) is 20.7. The molecule has 0 atom stereocenters. The molecular formula is C32H34ClF2N7O. The topological polar surface area (TPSA) is 93.9 Å². The van der Waals surface area contributed by atoms with Crippen LogP contribution in [0.1, 0.15) is 25.2 Å². The van der Waals surface area contributed by atoms with Crippen LogP contribution < -0.4 is 30.8 Å². The Balaban J connectivity index is 0.000000283. The van der Waals surface area contributed by atoms with Crippen LogP contribution in [0.4, 0.5) is 26.0 Å². The van der Waals surface area contributed by atoms with E-state index in [0.717, 1.165) is 48.6 Å². The molecule has 2 aromatic carbocycles. The van der Waals surface area contributed by atoms with Crippen LogP contribution >= 0.6 is 11.6 Å². The molecule has 6 rings (SSSR count). The summed E-state index contributed by atoms with van der Waals surface area (Å²) >= 11 is 6.48. The molecule has 0 radical (unpaired) electrons. The van der Waals surface area contributed by atoms with Crippen molar-refractivity contribution in [3.63, 3.8) is 0 Å². The van der Waals surface area contributed by atoms with Crippen LogP contribution in [0.25, 0.3) is 22.8 Å². The molecular weight excluding hydrogens is 572 g/mol. The zero-order chi connectivity index (χ0) is 30.5. The Morgan fingerprint density at radius 3 is 2.42 bits per heavy atom. The highest BCUT2D eigenvalue weighted by atomic mass is 35.5. The van der Waals surface area contributed by atoms with E-state index in [9.17, 15) is 8.78 Å². The molecule has 4 N–H and O–H groups in total. The molecule has 0 bridgehead atoms. The molecule has 43 heavy (non-hydrogen) atoms. The van der Waals surface area contributed by atoms with Gasteiger partial charge in [0.15, 0.2) is 17.4 Å². The van der Waals surface area contributed by atoms with Crippen LogP contribution in [0.3, 0.4) is 0 Å². The predicted octanol–water partition coefficient (Wildman–Crippen LogP) is 6.23. The Labute approximate surface area is 253 Å². The second-order valence-electron chi connectivity index (χ2n) is 10.2. The SMILES string of the molecule is C/C=c1/[nH]c(C)c/c1=C(/C)F.Cc1cc2c(F)c(Oc3ncnc(Nc4ccc(N5CCNCC5)cc4)c3Cl)ccc2[nH]1. The number of rotatable bonds is 5. The second kappa shape index (κ2) is 13.3. The van der Waals surface area contributed by atoms with Crippen molar-refractivity contribution in [3.05, 3.63) is 87.7 Å². The van der Waals surface area contributed by atoms with Gasteiger partial charge in [-0.15, -0.1) is 0 Å². The lowest BCUT2D eigenvalue weighted by atomic mass is 10.2. The Morgan fingerprint density at radius 2 is 1.74 bits per heavy atom. The van der Waals surface area contributed by atoms with Gasteiger partial charge in [-0.2, -0.15) is 4.98 Å². The van der Waals surface area contributed by atoms with E-state index in [-0.39, 0.29) is 22.5 Å². The first kappa shape index (κ1) is 30.1. The summed E-state index contributed by atoms with van der Waals surface area (Å²) in [4.78, 5) is 16.8. The van der Waals surface area contributed by atoms with Gasteiger partial charge in [-0.1, -0.05) is 17.7 Å². The average molecular weight is 606 g/mol. The maximum Gasteiger partial charge on any atom is 0.243 e. The number of H-pyrrole nitrogens is 2. The van der Waals surface area contributed by atoms with E-state index in [0.29, 0.717) is 21.9 Å². The van der Waals surface area contributed by atoms with Crippen molar-refractivity contribution < 1.29 is 13.5 Å². The van der Waals surface area contributed by atoms with Crippen molar-refractivity contribution in [2.75, 3.05) is 36.4 Å². The van der Waals surface area contributed by atoms with Crippen molar-refractivity contribution in [3.8, 4) is 11.6 Å². The van der Waals surface area contributed by atoms with Crippen molar-refractivity contribution in [2.24, 2.45) is 0 Å². The molecule has 1 aliphatic heterocycles. The number of fused-ring (bicyclic) bond motifs is 1. The summed E-state index contributed by atoms with van der Waals surface area (Å²) in [6, 6.07) is 14.9. The monoisotopic (exact) mass is 605 g/mol. The van der Waals surface area contributed by atoms with Gasteiger partial charge >= 0.3 is 0 Å². The fraction of sp³-hybridized carbons (Fsp3) is 0.250. The summed E-state index contributed by atoms with van der Waals surface area (Å²) in [5.41, 5.74) is 4.55. The first-order valence-electron chi connectivity index (χ1n) is 14.0. The van der Waals surface area contributed by atoms with E-state index in [1.165, 1.54) is 18.9 Å². The van der Waals surface area contributed by atoms with E-state index in [4.69, 9.17) is 16.3 Å². The molecule has 0 amide bonds. The highest BCUT2D eigenvalue weighted by molar-refractivity contribution is 6.34.